The summed E-state index contributed by atoms with van der Waals surface area (Å²) in [6.07, 6.45) is -1.92. The smallest absolute Gasteiger partial charge is 0.406 e. The maximum atomic E-state index is 12.3. The molecule has 2 aromatic carbocycles. The van der Waals surface area contributed by atoms with Gasteiger partial charge in [0.2, 0.25) is 5.91 Å². The van der Waals surface area contributed by atoms with Crippen LogP contribution >= 0.6 is 0 Å². The highest BCUT2D eigenvalue weighted by Gasteiger charge is 2.30. The second-order valence-corrected chi connectivity index (χ2v) is 8.20. The molecule has 0 atom stereocenters. The van der Waals surface area contributed by atoms with Crippen LogP contribution in [0.1, 0.15) is 11.1 Å². The molecule has 34 heavy (non-hydrogen) atoms. The van der Waals surface area contributed by atoms with Gasteiger partial charge in [-0.05, 0) is 74.6 Å². The summed E-state index contributed by atoms with van der Waals surface area (Å²) in [4.78, 5) is 21.3. The molecule has 0 aliphatic rings. The van der Waals surface area contributed by atoms with Gasteiger partial charge < -0.3 is 19.9 Å². The molecule has 9 heteroatoms. The fourth-order valence-corrected chi connectivity index (χ4v) is 3.33. The Balaban J connectivity index is 1.66. The van der Waals surface area contributed by atoms with E-state index in [0.29, 0.717) is 11.3 Å². The highest BCUT2D eigenvalue weighted by Crippen LogP contribution is 2.25. The topological polar surface area (TPSA) is 57.7 Å². The number of halogens is 3. The Hall–Kier alpha value is -3.59. The molecule has 0 radical (unpaired) electrons. The number of carbonyl (C=O) groups is 1. The van der Waals surface area contributed by atoms with Crippen LogP contribution in [0.5, 0.6) is 5.75 Å². The molecule has 3 aromatic rings. The average molecular weight is 473 g/mol. The fraction of sp³-hybridized carbons (Fsp3) is 0.280. The Morgan fingerprint density at radius 2 is 1.76 bits per heavy atom. The maximum absolute atomic E-state index is 12.3. The third-order valence-electron chi connectivity index (χ3n) is 5.03. The number of hydrogen-bond donors (Lipinski definition) is 1. The minimum Gasteiger partial charge on any atom is -0.406 e. The van der Waals surface area contributed by atoms with Crippen molar-refractivity contribution in [3.63, 3.8) is 0 Å². The first-order valence-corrected chi connectivity index (χ1v) is 10.6. The number of anilines is 2. The number of nitrogens with zero attached hydrogens (tertiary/aromatic N) is 3. The Bertz CT molecular complexity index is 1180. The number of rotatable bonds is 8. The highest BCUT2D eigenvalue weighted by atomic mass is 19.4. The average Bonchev–Trinajstić information content (AvgIpc) is 2.75. The van der Waals surface area contributed by atoms with Gasteiger partial charge >= 0.3 is 6.36 Å². The summed E-state index contributed by atoms with van der Waals surface area (Å²) < 4.78 is 40.5. The van der Waals surface area contributed by atoms with E-state index in [1.54, 1.807) is 6.07 Å². The van der Waals surface area contributed by atoms with Crippen LogP contribution in [-0.2, 0) is 4.79 Å². The maximum Gasteiger partial charge on any atom is 0.573 e. The zero-order valence-corrected chi connectivity index (χ0v) is 19.5. The van der Waals surface area contributed by atoms with Crippen LogP contribution in [0.4, 0.5) is 24.7 Å². The summed E-state index contributed by atoms with van der Waals surface area (Å²) >= 11 is 0. The summed E-state index contributed by atoms with van der Waals surface area (Å²) in [6.45, 7) is 3.78. The number of hydrogen-bond acceptors (Lipinski definition) is 5. The van der Waals surface area contributed by atoms with Gasteiger partial charge in [-0.25, -0.2) is 4.98 Å². The van der Waals surface area contributed by atoms with Gasteiger partial charge in [-0.15, -0.1) is 13.2 Å². The summed E-state index contributed by atoms with van der Waals surface area (Å²) in [5, 5.41) is 3.70. The van der Waals surface area contributed by atoms with Gasteiger partial charge in [0.25, 0.3) is 0 Å². The lowest BCUT2D eigenvalue weighted by atomic mass is 10.1. The molecular formula is C25H27F3N4O2. The molecule has 0 unspecified atom stereocenters. The van der Waals surface area contributed by atoms with Gasteiger partial charge in [0, 0.05) is 37.3 Å². The number of nitrogens with one attached hydrogen (secondary N) is 1. The van der Waals surface area contributed by atoms with Crippen LogP contribution in [-0.4, -0.2) is 56.4 Å². The number of aromatic nitrogens is 1. The monoisotopic (exact) mass is 472 g/mol. The zero-order valence-electron chi connectivity index (χ0n) is 19.5. The van der Waals surface area contributed by atoms with Crippen LogP contribution in [0.3, 0.4) is 0 Å². The van der Waals surface area contributed by atoms with Gasteiger partial charge in [-0.1, -0.05) is 12.1 Å². The van der Waals surface area contributed by atoms with E-state index >= 15 is 0 Å². The van der Waals surface area contributed by atoms with Crippen LogP contribution in [0.25, 0.3) is 17.0 Å². The van der Waals surface area contributed by atoms with E-state index in [0.717, 1.165) is 35.4 Å². The molecule has 0 spiro atoms. The number of alkyl halides is 3. The summed E-state index contributed by atoms with van der Waals surface area (Å²) in [5.41, 5.74) is 3.04. The summed E-state index contributed by atoms with van der Waals surface area (Å²) in [7, 11) is 6.08. The molecule has 1 heterocycles. The summed E-state index contributed by atoms with van der Waals surface area (Å²) in [6, 6.07) is 12.8. The second kappa shape index (κ2) is 10.6. The molecule has 1 aromatic heterocycles. The van der Waals surface area contributed by atoms with E-state index < -0.39 is 6.36 Å². The van der Waals surface area contributed by atoms with Crippen LogP contribution in [0, 0.1) is 6.92 Å². The van der Waals surface area contributed by atoms with Crippen LogP contribution in [0.2, 0.25) is 0 Å². The molecule has 180 valence electrons. The number of carbonyl (C=O) groups excluding carboxylic acids is 1. The third-order valence-corrected chi connectivity index (χ3v) is 5.03. The molecule has 0 aliphatic heterocycles. The van der Waals surface area contributed by atoms with Crippen molar-refractivity contribution in [2.24, 2.45) is 0 Å². The van der Waals surface area contributed by atoms with E-state index in [9.17, 15) is 18.0 Å². The summed E-state index contributed by atoms with van der Waals surface area (Å²) in [5.74, 6) is 0.238. The number of benzene rings is 2. The number of amides is 1. The van der Waals surface area contributed by atoms with E-state index in [1.165, 1.54) is 36.4 Å². The SMILES string of the molecule is Cc1cc2cc(NC(=O)C=Cc3ccc(OC(F)(F)F)cc3)ccc2nc1N(C)CCN(C)C. The van der Waals surface area contributed by atoms with Crippen molar-refractivity contribution in [2.45, 2.75) is 13.3 Å². The van der Waals surface area contributed by atoms with Crippen LogP contribution < -0.4 is 15.0 Å². The minimum atomic E-state index is -4.74. The first kappa shape index (κ1) is 25.0. The number of ether oxygens (including phenoxy) is 1. The first-order chi connectivity index (χ1) is 16.0. The molecule has 0 fully saturated rings. The molecule has 3 rings (SSSR count). The third kappa shape index (κ3) is 7.21. The van der Waals surface area contributed by atoms with Gasteiger partial charge in [-0.3, -0.25) is 4.79 Å². The second-order valence-electron chi connectivity index (χ2n) is 8.20. The van der Waals surface area contributed by atoms with Gasteiger partial charge in [0.15, 0.2) is 0 Å². The number of aryl methyl sites for hydroxylation is 1. The van der Waals surface area contributed by atoms with Crippen molar-refractivity contribution in [1.29, 1.82) is 0 Å². The van der Waals surface area contributed by atoms with Crippen molar-refractivity contribution in [2.75, 3.05) is 44.4 Å². The quantitative estimate of drug-likeness (QED) is 0.463. The normalized spacial score (nSPS) is 11.9. The molecule has 0 saturated heterocycles. The van der Waals surface area contributed by atoms with E-state index in [2.05, 4.69) is 19.9 Å². The zero-order chi connectivity index (χ0) is 24.9. The van der Waals surface area contributed by atoms with Crippen molar-refractivity contribution in [1.82, 2.24) is 9.88 Å². The first-order valence-electron chi connectivity index (χ1n) is 10.6. The Labute approximate surface area is 196 Å². The molecule has 6 nitrogen and oxygen atoms in total. The fourth-order valence-electron chi connectivity index (χ4n) is 3.33. The number of pyridine rings is 1. The minimum absolute atomic E-state index is 0.318. The van der Waals surface area contributed by atoms with Crippen molar-refractivity contribution in [3.05, 3.63) is 65.7 Å². The largest absolute Gasteiger partial charge is 0.573 e. The Kier molecular flexibility index (Phi) is 7.78. The predicted molar refractivity (Wildman–Crippen MR) is 129 cm³/mol. The van der Waals surface area contributed by atoms with Crippen molar-refractivity contribution >= 4 is 34.4 Å². The highest BCUT2D eigenvalue weighted by molar-refractivity contribution is 6.03. The number of fused-ring (bicyclic) bond motifs is 1. The van der Waals surface area contributed by atoms with Crippen LogP contribution in [0.15, 0.2) is 54.6 Å². The molecule has 0 saturated carbocycles. The molecule has 0 bridgehead atoms. The molecule has 1 N–H and O–H groups in total. The lowest BCUT2D eigenvalue weighted by Crippen LogP contribution is -2.29. The van der Waals surface area contributed by atoms with Gasteiger partial charge in [-0.2, -0.15) is 0 Å². The number of likely N-dealkylation sites (N-methyl/N-ethyl adjacent to an activating group) is 2. The standard InChI is InChI=1S/C25H27F3N4O2/c1-17-15-19-16-20(8-11-22(19)30-24(17)32(4)14-13-31(2)3)29-23(33)12-7-18-5-9-21(10-6-18)34-25(26,27)28/h5-12,15-16H,13-14H2,1-4H3,(H,29,33). The predicted octanol–water partition coefficient (Wildman–Crippen LogP) is 5.09. The van der Waals surface area contributed by atoms with Gasteiger partial charge in [0.1, 0.15) is 11.6 Å². The Morgan fingerprint density at radius 1 is 1.06 bits per heavy atom. The molecule has 0 aliphatic carbocycles. The van der Waals surface area contributed by atoms with Crippen molar-refractivity contribution < 1.29 is 22.7 Å². The molecular weight excluding hydrogens is 445 g/mol. The van der Waals surface area contributed by atoms with E-state index in [1.807, 2.05) is 46.3 Å². The van der Waals surface area contributed by atoms with E-state index in [-0.39, 0.29) is 11.7 Å². The van der Waals surface area contributed by atoms with E-state index in [4.69, 9.17) is 4.98 Å². The lowest BCUT2D eigenvalue weighted by Gasteiger charge is -2.22. The van der Waals surface area contributed by atoms with Crippen molar-refractivity contribution in [3.8, 4) is 5.75 Å². The Morgan fingerprint density at radius 3 is 2.41 bits per heavy atom. The lowest BCUT2D eigenvalue weighted by molar-refractivity contribution is -0.274. The molecule has 1 amide bonds. The van der Waals surface area contributed by atoms with Gasteiger partial charge in [0.05, 0.1) is 5.52 Å².